The molecule has 3 aromatic rings. The van der Waals surface area contributed by atoms with Crippen molar-refractivity contribution in [3.05, 3.63) is 77.9 Å². The largest absolute Gasteiger partial charge is 0.365 e. The summed E-state index contributed by atoms with van der Waals surface area (Å²) in [4.78, 5) is 2.72. The van der Waals surface area contributed by atoms with Gasteiger partial charge in [-0.2, -0.15) is 0 Å². The van der Waals surface area contributed by atoms with E-state index in [-0.39, 0.29) is 0 Å². The highest BCUT2D eigenvalue weighted by atomic mass is 15.2. The van der Waals surface area contributed by atoms with Crippen molar-refractivity contribution in [2.24, 2.45) is 0 Å². The lowest BCUT2D eigenvalue weighted by atomic mass is 9.97. The van der Waals surface area contributed by atoms with E-state index in [0.29, 0.717) is 6.04 Å². The molecule has 2 atom stereocenters. The molecule has 0 saturated carbocycles. The highest BCUT2D eigenvalue weighted by Crippen LogP contribution is 2.42. The number of hydrogen-bond acceptors (Lipinski definition) is 1. The van der Waals surface area contributed by atoms with Gasteiger partial charge in [-0.1, -0.05) is 60.7 Å². The van der Waals surface area contributed by atoms with E-state index < -0.39 is 0 Å². The second kappa shape index (κ2) is 5.13. The zero-order chi connectivity index (χ0) is 15.2. The Morgan fingerprint density at radius 3 is 2.65 bits per heavy atom. The SMILES string of the molecule is c1ccc2c(c1)C[C@@H]1CC[C@@H](Cc3cccc4ccccc34)N21. The van der Waals surface area contributed by atoms with Crippen LogP contribution in [-0.2, 0) is 12.8 Å². The van der Waals surface area contributed by atoms with Crippen LogP contribution in [0.15, 0.2) is 66.7 Å². The first-order valence-corrected chi connectivity index (χ1v) is 8.73. The van der Waals surface area contributed by atoms with Crippen molar-refractivity contribution in [1.82, 2.24) is 0 Å². The Morgan fingerprint density at radius 1 is 0.826 bits per heavy atom. The minimum Gasteiger partial charge on any atom is -0.365 e. The molecule has 0 N–H and O–H groups in total. The molecule has 1 nitrogen and oxygen atoms in total. The lowest BCUT2D eigenvalue weighted by Gasteiger charge is -2.28. The minimum atomic E-state index is 0.648. The molecule has 1 saturated heterocycles. The van der Waals surface area contributed by atoms with Crippen molar-refractivity contribution in [2.75, 3.05) is 4.90 Å². The molecule has 2 aliphatic rings. The summed E-state index contributed by atoms with van der Waals surface area (Å²) < 4.78 is 0. The molecule has 1 heteroatoms. The summed E-state index contributed by atoms with van der Waals surface area (Å²) in [6.07, 6.45) is 5.06. The molecule has 3 aromatic carbocycles. The van der Waals surface area contributed by atoms with Gasteiger partial charge in [0.2, 0.25) is 0 Å². The number of hydrogen-bond donors (Lipinski definition) is 0. The maximum Gasteiger partial charge on any atom is 0.0404 e. The number of nitrogens with zero attached hydrogens (tertiary/aromatic N) is 1. The molecule has 0 spiro atoms. The fourth-order valence-electron chi connectivity index (χ4n) is 4.67. The number of anilines is 1. The molecule has 2 heterocycles. The van der Waals surface area contributed by atoms with Crippen LogP contribution in [-0.4, -0.2) is 12.1 Å². The first-order valence-electron chi connectivity index (χ1n) is 8.73. The molecule has 1 fully saturated rings. The Morgan fingerprint density at radius 2 is 1.65 bits per heavy atom. The molecular weight excluding hydrogens is 278 g/mol. The zero-order valence-corrected chi connectivity index (χ0v) is 13.3. The second-order valence-corrected chi connectivity index (χ2v) is 6.97. The van der Waals surface area contributed by atoms with Gasteiger partial charge in [0.05, 0.1) is 0 Å². The summed E-state index contributed by atoms with van der Waals surface area (Å²) in [6.45, 7) is 0. The molecular formula is C22H21N. The number of rotatable bonds is 2. The summed E-state index contributed by atoms with van der Waals surface area (Å²) in [5.41, 5.74) is 4.53. The van der Waals surface area contributed by atoms with Crippen molar-refractivity contribution in [1.29, 1.82) is 0 Å². The van der Waals surface area contributed by atoms with Crippen LogP contribution < -0.4 is 4.90 Å². The van der Waals surface area contributed by atoms with E-state index in [0.717, 1.165) is 12.5 Å². The fraction of sp³-hybridized carbons (Fsp3) is 0.273. The van der Waals surface area contributed by atoms with Crippen molar-refractivity contribution in [2.45, 2.75) is 37.8 Å². The van der Waals surface area contributed by atoms with E-state index in [4.69, 9.17) is 0 Å². The molecule has 0 amide bonds. The molecule has 0 aliphatic carbocycles. The van der Waals surface area contributed by atoms with Crippen LogP contribution in [0.4, 0.5) is 5.69 Å². The Labute approximate surface area is 137 Å². The number of para-hydroxylation sites is 1. The molecule has 0 radical (unpaired) electrons. The predicted octanol–water partition coefficient (Wildman–Crippen LogP) is 4.98. The Kier molecular flexibility index (Phi) is 2.94. The smallest absolute Gasteiger partial charge is 0.0404 e. The van der Waals surface area contributed by atoms with Gasteiger partial charge < -0.3 is 4.90 Å². The average Bonchev–Trinajstić information content (AvgIpc) is 3.15. The molecule has 114 valence electrons. The Hall–Kier alpha value is -2.28. The van der Waals surface area contributed by atoms with Crippen LogP contribution in [0.5, 0.6) is 0 Å². The van der Waals surface area contributed by atoms with Gasteiger partial charge in [-0.25, -0.2) is 0 Å². The Balaban J connectivity index is 1.51. The monoisotopic (exact) mass is 299 g/mol. The van der Waals surface area contributed by atoms with Gasteiger partial charge in [0, 0.05) is 17.8 Å². The van der Waals surface area contributed by atoms with Crippen LogP contribution >= 0.6 is 0 Å². The maximum absolute atomic E-state index is 2.72. The molecule has 0 aromatic heterocycles. The van der Waals surface area contributed by atoms with Crippen molar-refractivity contribution < 1.29 is 0 Å². The van der Waals surface area contributed by atoms with Crippen LogP contribution in [0.25, 0.3) is 10.8 Å². The van der Waals surface area contributed by atoms with Gasteiger partial charge in [0.1, 0.15) is 0 Å². The first kappa shape index (κ1) is 13.2. The van der Waals surface area contributed by atoms with E-state index in [1.54, 1.807) is 5.56 Å². The number of fused-ring (bicyclic) bond motifs is 4. The van der Waals surface area contributed by atoms with E-state index in [1.165, 1.54) is 41.3 Å². The lowest BCUT2D eigenvalue weighted by Crippen LogP contribution is -2.34. The van der Waals surface area contributed by atoms with Crippen molar-refractivity contribution >= 4 is 16.5 Å². The summed E-state index contributed by atoms with van der Waals surface area (Å²) in [5, 5.41) is 2.78. The van der Waals surface area contributed by atoms with Gasteiger partial charge in [-0.05, 0) is 53.6 Å². The van der Waals surface area contributed by atoms with E-state index in [2.05, 4.69) is 71.6 Å². The molecule has 23 heavy (non-hydrogen) atoms. The second-order valence-electron chi connectivity index (χ2n) is 6.97. The molecule has 0 bridgehead atoms. The average molecular weight is 299 g/mol. The Bertz CT molecular complexity index is 861. The summed E-state index contributed by atoms with van der Waals surface area (Å²) in [6, 6.07) is 25.9. The third kappa shape index (κ3) is 2.07. The van der Waals surface area contributed by atoms with Crippen LogP contribution in [0.2, 0.25) is 0 Å². The number of benzene rings is 3. The van der Waals surface area contributed by atoms with E-state index >= 15 is 0 Å². The van der Waals surface area contributed by atoms with E-state index in [1.807, 2.05) is 0 Å². The lowest BCUT2D eigenvalue weighted by molar-refractivity contribution is 0.650. The highest BCUT2D eigenvalue weighted by Gasteiger charge is 2.39. The van der Waals surface area contributed by atoms with Crippen LogP contribution in [0.1, 0.15) is 24.0 Å². The predicted molar refractivity (Wildman–Crippen MR) is 97.1 cm³/mol. The molecule has 5 rings (SSSR count). The zero-order valence-electron chi connectivity index (χ0n) is 13.3. The molecule has 0 unspecified atom stereocenters. The third-order valence-electron chi connectivity index (χ3n) is 5.68. The van der Waals surface area contributed by atoms with Crippen LogP contribution in [0, 0.1) is 0 Å². The van der Waals surface area contributed by atoms with Gasteiger partial charge in [-0.15, -0.1) is 0 Å². The quantitative estimate of drug-likeness (QED) is 0.645. The normalized spacial score (nSPS) is 22.3. The van der Waals surface area contributed by atoms with Crippen LogP contribution in [0.3, 0.4) is 0 Å². The fourth-order valence-corrected chi connectivity index (χ4v) is 4.67. The summed E-state index contributed by atoms with van der Waals surface area (Å²) >= 11 is 0. The topological polar surface area (TPSA) is 3.24 Å². The van der Waals surface area contributed by atoms with Gasteiger partial charge in [-0.3, -0.25) is 0 Å². The summed E-state index contributed by atoms with van der Waals surface area (Å²) in [7, 11) is 0. The van der Waals surface area contributed by atoms with Gasteiger partial charge in [0.15, 0.2) is 0 Å². The summed E-state index contributed by atoms with van der Waals surface area (Å²) in [5.74, 6) is 0. The third-order valence-corrected chi connectivity index (χ3v) is 5.68. The molecule has 2 aliphatic heterocycles. The highest BCUT2D eigenvalue weighted by molar-refractivity contribution is 5.85. The van der Waals surface area contributed by atoms with Gasteiger partial charge >= 0.3 is 0 Å². The maximum atomic E-state index is 2.72. The van der Waals surface area contributed by atoms with E-state index in [9.17, 15) is 0 Å². The van der Waals surface area contributed by atoms with Crippen molar-refractivity contribution in [3.63, 3.8) is 0 Å². The first-order chi connectivity index (χ1) is 11.4. The van der Waals surface area contributed by atoms with Gasteiger partial charge in [0.25, 0.3) is 0 Å². The minimum absolute atomic E-state index is 0.648. The standard InChI is InChI=1S/C22H21N/c1-3-10-21-16(6-1)8-5-9-17(21)14-19-12-13-20-15-18-7-2-4-11-22(18)23(19)20/h1-11,19-20H,12-15H2/t19-,20-/m0/s1. The van der Waals surface area contributed by atoms with Crippen molar-refractivity contribution in [3.8, 4) is 0 Å².